The molecule has 0 unspecified atom stereocenters. The minimum atomic E-state index is -0.171. The van der Waals surface area contributed by atoms with Gasteiger partial charge in [0.1, 0.15) is 5.75 Å². The summed E-state index contributed by atoms with van der Waals surface area (Å²) in [6.45, 7) is 6.47. The molecule has 0 aliphatic rings. The molecule has 24 heavy (non-hydrogen) atoms. The van der Waals surface area contributed by atoms with Gasteiger partial charge in [-0.1, -0.05) is 39.0 Å². The number of anilines is 1. The third kappa shape index (κ3) is 4.96. The first-order valence-corrected chi connectivity index (χ1v) is 8.52. The number of hydrogen-bond donors (Lipinski definition) is 1. The maximum absolute atomic E-state index is 12.1. The van der Waals surface area contributed by atoms with Gasteiger partial charge in [-0.2, -0.15) is 0 Å². The molecule has 0 aliphatic carbocycles. The van der Waals surface area contributed by atoms with Crippen molar-refractivity contribution in [3.8, 4) is 5.75 Å². The van der Waals surface area contributed by atoms with E-state index in [1.165, 1.54) is 11.6 Å². The van der Waals surface area contributed by atoms with Gasteiger partial charge in [-0.3, -0.25) is 4.79 Å². The number of amides is 1. The number of hydrogen-bond acceptors (Lipinski definition) is 2. The fourth-order valence-corrected chi connectivity index (χ4v) is 2.62. The Morgan fingerprint density at radius 3 is 2.33 bits per heavy atom. The molecule has 0 bridgehead atoms. The summed E-state index contributed by atoms with van der Waals surface area (Å²) >= 11 is 3.53. The van der Waals surface area contributed by atoms with E-state index in [0.29, 0.717) is 0 Å². The summed E-state index contributed by atoms with van der Waals surface area (Å²) in [6.07, 6.45) is 3.29. The van der Waals surface area contributed by atoms with E-state index in [1.807, 2.05) is 42.5 Å². The Bertz CT molecular complexity index is 743. The highest BCUT2D eigenvalue weighted by Gasteiger charge is 2.15. The number of methoxy groups -OCH3 is 1. The molecule has 1 N–H and O–H groups in total. The Kier molecular flexibility index (Phi) is 5.84. The molecule has 0 fully saturated rings. The SMILES string of the molecule is COc1ccc(/C=C/C(=O)Nc2ccc(C(C)(C)C)cc2Br)cc1. The van der Waals surface area contributed by atoms with Gasteiger partial charge in [0.25, 0.3) is 0 Å². The first-order chi connectivity index (χ1) is 11.3. The van der Waals surface area contributed by atoms with E-state index in [9.17, 15) is 4.79 Å². The van der Waals surface area contributed by atoms with Crippen molar-refractivity contribution >= 4 is 33.6 Å². The molecule has 4 heteroatoms. The van der Waals surface area contributed by atoms with Crippen LogP contribution in [0.25, 0.3) is 6.08 Å². The monoisotopic (exact) mass is 387 g/mol. The van der Waals surface area contributed by atoms with E-state index in [0.717, 1.165) is 21.5 Å². The average molecular weight is 388 g/mol. The summed E-state index contributed by atoms with van der Waals surface area (Å²) in [5, 5.41) is 2.88. The summed E-state index contributed by atoms with van der Waals surface area (Å²) in [4.78, 5) is 12.1. The second-order valence-corrected chi connectivity index (χ2v) is 7.39. The van der Waals surface area contributed by atoms with E-state index in [4.69, 9.17) is 4.74 Å². The number of nitrogens with one attached hydrogen (secondary N) is 1. The minimum Gasteiger partial charge on any atom is -0.497 e. The first-order valence-electron chi connectivity index (χ1n) is 7.73. The lowest BCUT2D eigenvalue weighted by molar-refractivity contribution is -0.111. The molecule has 1 amide bonds. The Balaban J connectivity index is 2.05. The maximum Gasteiger partial charge on any atom is 0.248 e. The van der Waals surface area contributed by atoms with Crippen LogP contribution < -0.4 is 10.1 Å². The number of carbonyl (C=O) groups is 1. The molecular weight excluding hydrogens is 366 g/mol. The van der Waals surface area contributed by atoms with E-state index in [1.54, 1.807) is 13.2 Å². The molecule has 2 rings (SSSR count). The molecule has 126 valence electrons. The van der Waals surface area contributed by atoms with Crippen molar-refractivity contribution in [1.29, 1.82) is 0 Å². The Morgan fingerprint density at radius 2 is 1.79 bits per heavy atom. The highest BCUT2D eigenvalue weighted by Crippen LogP contribution is 2.30. The molecule has 0 saturated carbocycles. The van der Waals surface area contributed by atoms with Crippen molar-refractivity contribution in [2.75, 3.05) is 12.4 Å². The summed E-state index contributed by atoms with van der Waals surface area (Å²) in [7, 11) is 1.63. The molecule has 0 aliphatic heterocycles. The van der Waals surface area contributed by atoms with Gasteiger partial charge in [0, 0.05) is 10.5 Å². The third-order valence-electron chi connectivity index (χ3n) is 3.64. The van der Waals surface area contributed by atoms with Crippen molar-refractivity contribution in [1.82, 2.24) is 0 Å². The van der Waals surface area contributed by atoms with Gasteiger partial charge in [-0.25, -0.2) is 0 Å². The van der Waals surface area contributed by atoms with Crippen molar-refractivity contribution in [3.63, 3.8) is 0 Å². The van der Waals surface area contributed by atoms with Gasteiger partial charge in [-0.15, -0.1) is 0 Å². The quantitative estimate of drug-likeness (QED) is 0.712. The van der Waals surface area contributed by atoms with Crippen LogP contribution in [0.1, 0.15) is 31.9 Å². The fraction of sp³-hybridized carbons (Fsp3) is 0.250. The molecule has 2 aromatic carbocycles. The highest BCUT2D eigenvalue weighted by atomic mass is 79.9. The Labute approximate surface area is 151 Å². The normalized spacial score (nSPS) is 11.5. The molecule has 0 heterocycles. The van der Waals surface area contributed by atoms with Crippen molar-refractivity contribution in [2.24, 2.45) is 0 Å². The maximum atomic E-state index is 12.1. The smallest absolute Gasteiger partial charge is 0.248 e. The number of benzene rings is 2. The van der Waals surface area contributed by atoms with Gasteiger partial charge in [-0.05, 0) is 62.8 Å². The predicted molar refractivity (Wildman–Crippen MR) is 103 cm³/mol. The first kappa shape index (κ1) is 18.3. The van der Waals surface area contributed by atoms with Crippen molar-refractivity contribution in [3.05, 3.63) is 64.1 Å². The molecule has 0 spiro atoms. The topological polar surface area (TPSA) is 38.3 Å². The molecule has 2 aromatic rings. The second-order valence-electron chi connectivity index (χ2n) is 6.54. The summed E-state index contributed by atoms with van der Waals surface area (Å²) < 4.78 is 5.99. The summed E-state index contributed by atoms with van der Waals surface area (Å²) in [6, 6.07) is 13.5. The van der Waals surface area contributed by atoms with Crippen LogP contribution in [0.2, 0.25) is 0 Å². The van der Waals surface area contributed by atoms with Gasteiger partial charge in [0.15, 0.2) is 0 Å². The lowest BCUT2D eigenvalue weighted by Crippen LogP contribution is -2.12. The van der Waals surface area contributed by atoms with E-state index in [2.05, 4.69) is 42.0 Å². The zero-order chi connectivity index (χ0) is 17.7. The average Bonchev–Trinajstić information content (AvgIpc) is 2.54. The van der Waals surface area contributed by atoms with Gasteiger partial charge < -0.3 is 10.1 Å². The molecule has 0 radical (unpaired) electrons. The van der Waals surface area contributed by atoms with Crippen molar-refractivity contribution < 1.29 is 9.53 Å². The minimum absolute atomic E-state index is 0.0688. The largest absolute Gasteiger partial charge is 0.497 e. The molecule has 0 aromatic heterocycles. The summed E-state index contributed by atoms with van der Waals surface area (Å²) in [5.74, 6) is 0.620. The van der Waals surface area contributed by atoms with Crippen LogP contribution in [0.3, 0.4) is 0 Å². The van der Waals surface area contributed by atoms with E-state index in [-0.39, 0.29) is 11.3 Å². The van der Waals surface area contributed by atoms with Crippen LogP contribution in [0, 0.1) is 0 Å². The van der Waals surface area contributed by atoms with Crippen LogP contribution in [0.4, 0.5) is 5.69 Å². The van der Waals surface area contributed by atoms with Crippen LogP contribution in [0.5, 0.6) is 5.75 Å². The van der Waals surface area contributed by atoms with Crippen LogP contribution in [0.15, 0.2) is 53.0 Å². The second kappa shape index (κ2) is 7.67. The van der Waals surface area contributed by atoms with Gasteiger partial charge in [0.05, 0.1) is 12.8 Å². The molecule has 3 nitrogen and oxygen atoms in total. The van der Waals surface area contributed by atoms with Crippen molar-refractivity contribution in [2.45, 2.75) is 26.2 Å². The predicted octanol–water partition coefficient (Wildman–Crippen LogP) is 5.41. The molecule has 0 saturated heterocycles. The number of rotatable bonds is 4. The fourth-order valence-electron chi connectivity index (χ4n) is 2.14. The number of halogens is 1. The van der Waals surface area contributed by atoms with E-state index >= 15 is 0 Å². The number of carbonyl (C=O) groups excluding carboxylic acids is 1. The van der Waals surface area contributed by atoms with Gasteiger partial charge >= 0.3 is 0 Å². The third-order valence-corrected chi connectivity index (χ3v) is 4.29. The highest BCUT2D eigenvalue weighted by molar-refractivity contribution is 9.10. The number of ether oxygens (including phenoxy) is 1. The van der Waals surface area contributed by atoms with Crippen LogP contribution >= 0.6 is 15.9 Å². The Hall–Kier alpha value is -2.07. The van der Waals surface area contributed by atoms with E-state index < -0.39 is 0 Å². The molecule has 0 atom stereocenters. The lowest BCUT2D eigenvalue weighted by atomic mass is 9.87. The standard InChI is InChI=1S/C20H22BrNO2/c1-20(2,3)15-8-11-18(17(21)13-15)22-19(23)12-7-14-5-9-16(24-4)10-6-14/h5-13H,1-4H3,(H,22,23)/b12-7+. The lowest BCUT2D eigenvalue weighted by Gasteiger charge is -2.20. The van der Waals surface area contributed by atoms with Crippen LogP contribution in [-0.4, -0.2) is 13.0 Å². The van der Waals surface area contributed by atoms with Gasteiger partial charge in [0.2, 0.25) is 5.91 Å². The summed E-state index contributed by atoms with van der Waals surface area (Å²) in [5.41, 5.74) is 2.97. The zero-order valence-electron chi connectivity index (χ0n) is 14.4. The van der Waals surface area contributed by atoms with Crippen LogP contribution in [-0.2, 0) is 10.2 Å². The zero-order valence-corrected chi connectivity index (χ0v) is 16.0. The Morgan fingerprint density at radius 1 is 1.12 bits per heavy atom. The molecular formula is C20H22BrNO2.